The third-order valence-corrected chi connectivity index (χ3v) is 3.50. The third kappa shape index (κ3) is 6.07. The molecule has 2 rings (SSSR count). The predicted octanol–water partition coefficient (Wildman–Crippen LogP) is 1.57. The molecule has 1 amide bonds. The summed E-state index contributed by atoms with van der Waals surface area (Å²) in [7, 11) is 0. The summed E-state index contributed by atoms with van der Waals surface area (Å²) in [6.07, 6.45) is -4.39. The lowest BCUT2D eigenvalue weighted by Gasteiger charge is -2.26. The molecule has 0 saturated carbocycles. The van der Waals surface area contributed by atoms with Crippen molar-refractivity contribution in [3.8, 4) is 0 Å². The monoisotopic (exact) mass is 331 g/mol. The van der Waals surface area contributed by atoms with E-state index in [1.54, 1.807) is 0 Å². The maximum atomic E-state index is 12.6. The van der Waals surface area contributed by atoms with Crippen LogP contribution in [-0.4, -0.2) is 56.7 Å². The van der Waals surface area contributed by atoms with Gasteiger partial charge in [-0.25, -0.2) is 0 Å². The number of carbonyl (C=O) groups excluding carboxylic acids is 1. The third-order valence-electron chi connectivity index (χ3n) is 3.50. The van der Waals surface area contributed by atoms with Crippen LogP contribution in [0.5, 0.6) is 0 Å². The number of halogens is 3. The van der Waals surface area contributed by atoms with Crippen molar-refractivity contribution in [1.29, 1.82) is 0 Å². The van der Waals surface area contributed by atoms with Gasteiger partial charge in [0.1, 0.15) is 0 Å². The maximum absolute atomic E-state index is 12.6. The highest BCUT2D eigenvalue weighted by Crippen LogP contribution is 2.30. The van der Waals surface area contributed by atoms with Crippen molar-refractivity contribution in [2.24, 2.45) is 0 Å². The Morgan fingerprint density at radius 2 is 2.00 bits per heavy atom. The van der Waals surface area contributed by atoms with Crippen molar-refractivity contribution >= 4 is 11.6 Å². The van der Waals surface area contributed by atoms with E-state index in [2.05, 4.69) is 15.5 Å². The lowest BCUT2D eigenvalue weighted by Crippen LogP contribution is -2.42. The minimum Gasteiger partial charge on any atom is -0.379 e. The van der Waals surface area contributed by atoms with Gasteiger partial charge in [-0.3, -0.25) is 9.69 Å². The van der Waals surface area contributed by atoms with Crippen LogP contribution in [0.15, 0.2) is 24.3 Å². The normalized spacial score (nSPS) is 16.1. The highest BCUT2D eigenvalue weighted by molar-refractivity contribution is 5.80. The van der Waals surface area contributed by atoms with E-state index >= 15 is 0 Å². The SMILES string of the molecule is O=C(CNc1cccc(C(F)(F)F)c1)NCCN1CCOCC1. The zero-order valence-corrected chi connectivity index (χ0v) is 12.7. The Hall–Kier alpha value is -1.80. The van der Waals surface area contributed by atoms with Crippen LogP contribution in [0.1, 0.15) is 5.56 Å². The minimum atomic E-state index is -4.39. The molecule has 0 atom stereocenters. The molecule has 8 heteroatoms. The molecule has 1 fully saturated rings. The topological polar surface area (TPSA) is 53.6 Å². The van der Waals surface area contributed by atoms with E-state index in [4.69, 9.17) is 4.74 Å². The fraction of sp³-hybridized carbons (Fsp3) is 0.533. The van der Waals surface area contributed by atoms with Gasteiger partial charge in [0.25, 0.3) is 0 Å². The molecule has 0 bridgehead atoms. The number of rotatable bonds is 6. The second kappa shape index (κ2) is 8.16. The summed E-state index contributed by atoms with van der Waals surface area (Å²) < 4.78 is 43.0. The molecule has 0 aromatic heterocycles. The lowest BCUT2D eigenvalue weighted by molar-refractivity contribution is -0.137. The number of hydrogen-bond acceptors (Lipinski definition) is 4. The zero-order valence-electron chi connectivity index (χ0n) is 12.7. The van der Waals surface area contributed by atoms with Crippen LogP contribution >= 0.6 is 0 Å². The first kappa shape index (κ1) is 17.6. The van der Waals surface area contributed by atoms with Gasteiger partial charge in [-0.15, -0.1) is 0 Å². The number of nitrogens with zero attached hydrogens (tertiary/aromatic N) is 1. The molecule has 5 nitrogen and oxygen atoms in total. The minimum absolute atomic E-state index is 0.0651. The molecule has 0 radical (unpaired) electrons. The van der Waals surface area contributed by atoms with Gasteiger partial charge in [-0.2, -0.15) is 13.2 Å². The molecule has 128 valence electrons. The van der Waals surface area contributed by atoms with Crippen LogP contribution in [0.4, 0.5) is 18.9 Å². The summed E-state index contributed by atoms with van der Waals surface area (Å²) >= 11 is 0. The number of anilines is 1. The smallest absolute Gasteiger partial charge is 0.379 e. The fourth-order valence-corrected chi connectivity index (χ4v) is 2.23. The second-order valence-electron chi connectivity index (χ2n) is 5.24. The van der Waals surface area contributed by atoms with Crippen molar-refractivity contribution in [2.75, 3.05) is 51.3 Å². The predicted molar refractivity (Wildman–Crippen MR) is 80.2 cm³/mol. The molecule has 0 aliphatic carbocycles. The summed E-state index contributed by atoms with van der Waals surface area (Å²) in [5, 5.41) is 5.44. The average molecular weight is 331 g/mol. The van der Waals surface area contributed by atoms with Gasteiger partial charge in [0.05, 0.1) is 25.3 Å². The Bertz CT molecular complexity index is 517. The van der Waals surface area contributed by atoms with E-state index < -0.39 is 11.7 Å². The number of hydrogen-bond donors (Lipinski definition) is 2. The molecule has 0 spiro atoms. The van der Waals surface area contributed by atoms with Gasteiger partial charge in [0, 0.05) is 31.9 Å². The highest BCUT2D eigenvalue weighted by atomic mass is 19.4. The quantitative estimate of drug-likeness (QED) is 0.831. The number of benzene rings is 1. The van der Waals surface area contributed by atoms with Crippen molar-refractivity contribution < 1.29 is 22.7 Å². The summed E-state index contributed by atoms with van der Waals surface area (Å²) in [6, 6.07) is 4.78. The van der Waals surface area contributed by atoms with E-state index in [9.17, 15) is 18.0 Å². The van der Waals surface area contributed by atoms with Gasteiger partial charge in [0.2, 0.25) is 5.91 Å². The molecular weight excluding hydrogens is 311 g/mol. The standard InChI is InChI=1S/C15H20F3N3O2/c16-15(17,18)12-2-1-3-13(10-12)20-11-14(22)19-4-5-21-6-8-23-9-7-21/h1-3,10,20H,4-9,11H2,(H,19,22). The van der Waals surface area contributed by atoms with Crippen molar-refractivity contribution in [1.82, 2.24) is 10.2 Å². The summed E-state index contributed by atoms with van der Waals surface area (Å²) in [6.45, 7) is 4.26. The Labute approximate surface area is 132 Å². The van der Waals surface area contributed by atoms with Crippen LogP contribution in [0.2, 0.25) is 0 Å². The number of amides is 1. The molecular formula is C15H20F3N3O2. The average Bonchev–Trinajstić information content (AvgIpc) is 2.53. The second-order valence-corrected chi connectivity index (χ2v) is 5.24. The summed E-state index contributed by atoms with van der Waals surface area (Å²) in [5.74, 6) is -0.254. The molecule has 1 aromatic carbocycles. The van der Waals surface area contributed by atoms with Gasteiger partial charge >= 0.3 is 6.18 Å². The van der Waals surface area contributed by atoms with Crippen LogP contribution < -0.4 is 10.6 Å². The molecule has 1 saturated heterocycles. The number of alkyl halides is 3. The van der Waals surface area contributed by atoms with Crippen molar-refractivity contribution in [3.63, 3.8) is 0 Å². The number of morpholine rings is 1. The molecule has 1 heterocycles. The van der Waals surface area contributed by atoms with Crippen molar-refractivity contribution in [3.05, 3.63) is 29.8 Å². The van der Waals surface area contributed by atoms with E-state index in [-0.39, 0.29) is 18.1 Å². The Morgan fingerprint density at radius 1 is 1.26 bits per heavy atom. The maximum Gasteiger partial charge on any atom is 0.416 e. The lowest BCUT2D eigenvalue weighted by atomic mass is 10.2. The first-order valence-corrected chi connectivity index (χ1v) is 7.43. The summed E-state index contributed by atoms with van der Waals surface area (Å²) in [5.41, 5.74) is -0.474. The zero-order chi connectivity index (χ0) is 16.7. The van der Waals surface area contributed by atoms with E-state index in [0.29, 0.717) is 19.8 Å². The van der Waals surface area contributed by atoms with Gasteiger partial charge in [-0.05, 0) is 18.2 Å². The van der Waals surface area contributed by atoms with Gasteiger partial charge < -0.3 is 15.4 Å². The molecule has 0 unspecified atom stereocenters. The van der Waals surface area contributed by atoms with Gasteiger partial charge in [0.15, 0.2) is 0 Å². The number of nitrogens with one attached hydrogen (secondary N) is 2. The molecule has 1 aliphatic heterocycles. The Morgan fingerprint density at radius 3 is 2.70 bits per heavy atom. The molecule has 1 aliphatic rings. The van der Waals surface area contributed by atoms with E-state index in [0.717, 1.165) is 31.8 Å². The molecule has 2 N–H and O–H groups in total. The van der Waals surface area contributed by atoms with Crippen LogP contribution in [0.3, 0.4) is 0 Å². The summed E-state index contributed by atoms with van der Waals surface area (Å²) in [4.78, 5) is 13.9. The van der Waals surface area contributed by atoms with E-state index in [1.807, 2.05) is 0 Å². The Balaban J connectivity index is 1.69. The Kier molecular flexibility index (Phi) is 6.23. The van der Waals surface area contributed by atoms with Crippen LogP contribution in [0, 0.1) is 0 Å². The molecule has 1 aromatic rings. The largest absolute Gasteiger partial charge is 0.416 e. The molecule has 23 heavy (non-hydrogen) atoms. The van der Waals surface area contributed by atoms with Gasteiger partial charge in [-0.1, -0.05) is 6.07 Å². The number of carbonyl (C=O) groups is 1. The van der Waals surface area contributed by atoms with Crippen LogP contribution in [0.25, 0.3) is 0 Å². The highest BCUT2D eigenvalue weighted by Gasteiger charge is 2.30. The first-order chi connectivity index (χ1) is 10.9. The fourth-order valence-electron chi connectivity index (χ4n) is 2.23. The number of ether oxygens (including phenoxy) is 1. The van der Waals surface area contributed by atoms with Crippen LogP contribution in [-0.2, 0) is 15.7 Å². The first-order valence-electron chi connectivity index (χ1n) is 7.43. The van der Waals surface area contributed by atoms with E-state index in [1.165, 1.54) is 12.1 Å². The van der Waals surface area contributed by atoms with Crippen molar-refractivity contribution in [2.45, 2.75) is 6.18 Å².